The fourth-order valence-corrected chi connectivity index (χ4v) is 2.15. The first kappa shape index (κ1) is 11.4. The Labute approximate surface area is 106 Å². The van der Waals surface area contributed by atoms with Gasteiger partial charge in [0.1, 0.15) is 6.26 Å². The van der Waals surface area contributed by atoms with E-state index in [-0.39, 0.29) is 6.29 Å². The zero-order valence-corrected chi connectivity index (χ0v) is 10.0. The van der Waals surface area contributed by atoms with Crippen LogP contribution < -0.4 is 0 Å². The minimum absolute atomic E-state index is 0.0670. The molecule has 1 aliphatic rings. The van der Waals surface area contributed by atoms with Gasteiger partial charge >= 0.3 is 0 Å². The predicted octanol–water partition coefficient (Wildman–Crippen LogP) is 2.65. The molecule has 0 amide bonds. The molecule has 4 nitrogen and oxygen atoms in total. The molecule has 0 bridgehead atoms. The molecule has 94 valence electrons. The SMILES string of the molecule is c1ccc(-c2ncco2)c(CCC2OCCO2)c1. The summed E-state index contributed by atoms with van der Waals surface area (Å²) >= 11 is 0. The highest BCUT2D eigenvalue weighted by molar-refractivity contribution is 5.58. The monoisotopic (exact) mass is 245 g/mol. The van der Waals surface area contributed by atoms with Crippen LogP contribution in [0, 0.1) is 0 Å². The van der Waals surface area contributed by atoms with Gasteiger partial charge in [-0.05, 0) is 18.1 Å². The van der Waals surface area contributed by atoms with Crippen molar-refractivity contribution in [1.82, 2.24) is 4.98 Å². The second kappa shape index (κ2) is 5.33. The maximum atomic E-state index is 5.44. The molecular weight excluding hydrogens is 230 g/mol. The minimum Gasteiger partial charge on any atom is -0.445 e. The van der Waals surface area contributed by atoms with Gasteiger partial charge < -0.3 is 13.9 Å². The standard InChI is InChI=1S/C14H15NO3/c1-2-4-12(14-15-7-8-18-14)11(3-1)5-6-13-16-9-10-17-13/h1-4,7-8,13H,5-6,9-10H2. The predicted molar refractivity (Wildman–Crippen MR) is 66.0 cm³/mol. The van der Waals surface area contributed by atoms with Gasteiger partial charge in [-0.15, -0.1) is 0 Å². The van der Waals surface area contributed by atoms with Gasteiger partial charge in [0.2, 0.25) is 5.89 Å². The molecule has 1 saturated heterocycles. The van der Waals surface area contributed by atoms with E-state index >= 15 is 0 Å². The van der Waals surface area contributed by atoms with Gasteiger partial charge in [-0.2, -0.15) is 0 Å². The first-order chi connectivity index (χ1) is 8.93. The second-order valence-corrected chi connectivity index (χ2v) is 4.20. The number of hydrogen-bond donors (Lipinski definition) is 0. The maximum absolute atomic E-state index is 5.44. The fourth-order valence-electron chi connectivity index (χ4n) is 2.15. The quantitative estimate of drug-likeness (QED) is 0.830. The van der Waals surface area contributed by atoms with Crippen LogP contribution in [0.3, 0.4) is 0 Å². The van der Waals surface area contributed by atoms with Crippen LogP contribution in [0.5, 0.6) is 0 Å². The molecule has 0 unspecified atom stereocenters. The van der Waals surface area contributed by atoms with Crippen LogP contribution in [0.1, 0.15) is 12.0 Å². The maximum Gasteiger partial charge on any atom is 0.226 e. The van der Waals surface area contributed by atoms with Crippen molar-refractivity contribution in [2.45, 2.75) is 19.1 Å². The van der Waals surface area contributed by atoms with E-state index < -0.39 is 0 Å². The van der Waals surface area contributed by atoms with E-state index in [1.54, 1.807) is 12.5 Å². The highest BCUT2D eigenvalue weighted by Crippen LogP contribution is 2.24. The van der Waals surface area contributed by atoms with Crippen molar-refractivity contribution in [3.63, 3.8) is 0 Å². The average molecular weight is 245 g/mol. The van der Waals surface area contributed by atoms with Crippen LogP contribution >= 0.6 is 0 Å². The van der Waals surface area contributed by atoms with Gasteiger partial charge in [-0.3, -0.25) is 0 Å². The Morgan fingerprint density at radius 2 is 2.00 bits per heavy atom. The summed E-state index contributed by atoms with van der Waals surface area (Å²) in [6, 6.07) is 8.13. The number of ether oxygens (including phenoxy) is 2. The Morgan fingerprint density at radius 3 is 2.78 bits per heavy atom. The molecule has 2 aromatic rings. The third-order valence-corrected chi connectivity index (χ3v) is 3.02. The summed E-state index contributed by atoms with van der Waals surface area (Å²) in [5, 5.41) is 0. The normalized spacial score (nSPS) is 16.2. The molecule has 2 heterocycles. The number of rotatable bonds is 4. The lowest BCUT2D eigenvalue weighted by atomic mass is 10.0. The van der Waals surface area contributed by atoms with E-state index in [0.29, 0.717) is 19.1 Å². The van der Waals surface area contributed by atoms with Gasteiger partial charge in [0.15, 0.2) is 6.29 Å². The number of nitrogens with zero attached hydrogens (tertiary/aromatic N) is 1. The highest BCUT2D eigenvalue weighted by Gasteiger charge is 2.17. The Balaban J connectivity index is 1.75. The molecule has 0 spiro atoms. The molecule has 1 aromatic heterocycles. The van der Waals surface area contributed by atoms with Crippen molar-refractivity contribution < 1.29 is 13.9 Å². The van der Waals surface area contributed by atoms with E-state index in [2.05, 4.69) is 11.1 Å². The molecule has 0 N–H and O–H groups in total. The van der Waals surface area contributed by atoms with E-state index in [4.69, 9.17) is 13.9 Å². The lowest BCUT2D eigenvalue weighted by molar-refractivity contribution is -0.0461. The summed E-state index contributed by atoms with van der Waals surface area (Å²) in [7, 11) is 0. The molecule has 18 heavy (non-hydrogen) atoms. The summed E-state index contributed by atoms with van der Waals surface area (Å²) in [6.07, 6.45) is 4.94. The number of aromatic nitrogens is 1. The number of benzene rings is 1. The van der Waals surface area contributed by atoms with Crippen LogP contribution in [0.2, 0.25) is 0 Å². The lowest BCUT2D eigenvalue weighted by Crippen LogP contribution is -2.09. The van der Waals surface area contributed by atoms with Crippen LogP contribution in [0.25, 0.3) is 11.5 Å². The Bertz CT molecular complexity index is 490. The van der Waals surface area contributed by atoms with E-state index in [0.717, 1.165) is 18.4 Å². The van der Waals surface area contributed by atoms with Crippen molar-refractivity contribution in [1.29, 1.82) is 0 Å². The van der Waals surface area contributed by atoms with Crippen molar-refractivity contribution >= 4 is 0 Å². The van der Waals surface area contributed by atoms with Gasteiger partial charge in [0, 0.05) is 12.0 Å². The molecule has 3 rings (SSSR count). The van der Waals surface area contributed by atoms with Gasteiger partial charge in [-0.1, -0.05) is 18.2 Å². The van der Waals surface area contributed by atoms with Gasteiger partial charge in [0.05, 0.1) is 19.4 Å². The van der Waals surface area contributed by atoms with Crippen molar-refractivity contribution in [2.75, 3.05) is 13.2 Å². The van der Waals surface area contributed by atoms with Gasteiger partial charge in [-0.25, -0.2) is 4.98 Å². The summed E-state index contributed by atoms with van der Waals surface area (Å²) < 4.78 is 16.2. The Kier molecular flexibility index (Phi) is 3.39. The molecular formula is C14H15NO3. The molecule has 0 saturated carbocycles. The van der Waals surface area contributed by atoms with Crippen LogP contribution in [0.15, 0.2) is 41.1 Å². The Morgan fingerprint density at radius 1 is 1.17 bits per heavy atom. The molecule has 0 radical (unpaired) electrons. The first-order valence-electron chi connectivity index (χ1n) is 6.14. The zero-order valence-electron chi connectivity index (χ0n) is 10.0. The first-order valence-corrected chi connectivity index (χ1v) is 6.14. The van der Waals surface area contributed by atoms with Crippen molar-refractivity contribution in [3.05, 3.63) is 42.3 Å². The third-order valence-electron chi connectivity index (χ3n) is 3.02. The van der Waals surface area contributed by atoms with E-state index in [1.165, 1.54) is 5.56 Å². The number of hydrogen-bond acceptors (Lipinski definition) is 4. The molecule has 4 heteroatoms. The van der Waals surface area contributed by atoms with E-state index in [1.807, 2.05) is 18.2 Å². The van der Waals surface area contributed by atoms with Crippen LogP contribution in [0.4, 0.5) is 0 Å². The van der Waals surface area contributed by atoms with Gasteiger partial charge in [0.25, 0.3) is 0 Å². The Hall–Kier alpha value is -1.65. The number of aryl methyl sites for hydroxylation is 1. The third kappa shape index (κ3) is 2.44. The topological polar surface area (TPSA) is 44.5 Å². The summed E-state index contributed by atoms with van der Waals surface area (Å²) in [5.74, 6) is 0.666. The molecule has 1 aliphatic heterocycles. The second-order valence-electron chi connectivity index (χ2n) is 4.20. The zero-order chi connectivity index (χ0) is 12.2. The van der Waals surface area contributed by atoms with E-state index in [9.17, 15) is 0 Å². The summed E-state index contributed by atoms with van der Waals surface area (Å²) in [6.45, 7) is 1.40. The summed E-state index contributed by atoms with van der Waals surface area (Å²) in [4.78, 5) is 4.20. The average Bonchev–Trinajstić information content (AvgIpc) is 3.10. The van der Waals surface area contributed by atoms with Crippen molar-refractivity contribution in [2.24, 2.45) is 0 Å². The largest absolute Gasteiger partial charge is 0.445 e. The molecule has 0 atom stereocenters. The minimum atomic E-state index is -0.0670. The molecule has 1 fully saturated rings. The molecule has 0 aliphatic carbocycles. The fraction of sp³-hybridized carbons (Fsp3) is 0.357. The lowest BCUT2D eigenvalue weighted by Gasteiger charge is -2.10. The van der Waals surface area contributed by atoms with Crippen molar-refractivity contribution in [3.8, 4) is 11.5 Å². The summed E-state index contributed by atoms with van der Waals surface area (Å²) in [5.41, 5.74) is 2.25. The molecule has 1 aromatic carbocycles. The number of oxazole rings is 1. The smallest absolute Gasteiger partial charge is 0.226 e. The van der Waals surface area contributed by atoms with Crippen LogP contribution in [-0.2, 0) is 15.9 Å². The van der Waals surface area contributed by atoms with Crippen LogP contribution in [-0.4, -0.2) is 24.5 Å². The highest BCUT2D eigenvalue weighted by atomic mass is 16.7.